The number of nitrogens with one attached hydrogen (secondary N) is 16. The summed E-state index contributed by atoms with van der Waals surface area (Å²) in [5, 5.41) is 69.9. The maximum atomic E-state index is 15.1. The molecule has 24 N–H and O–H groups in total. The van der Waals surface area contributed by atoms with Gasteiger partial charge >= 0.3 is 12.1 Å². The number of amides is 13. The van der Waals surface area contributed by atoms with E-state index in [1.54, 1.807) is 70.2 Å². The van der Waals surface area contributed by atoms with Gasteiger partial charge in [-0.1, -0.05) is 90.0 Å². The molecule has 1 aliphatic carbocycles. The predicted molar refractivity (Wildman–Crippen MR) is 414 cm³/mol. The van der Waals surface area contributed by atoms with E-state index < -0.39 is 188 Å². The average molecular weight is 1570 g/mol. The van der Waals surface area contributed by atoms with Crippen molar-refractivity contribution >= 4 is 106 Å². The number of nitrogens with zero attached hydrogens (tertiary/aromatic N) is 1. The van der Waals surface area contributed by atoms with Gasteiger partial charge in [-0.2, -0.15) is 0 Å². The molecule has 37 nitrogen and oxygen atoms in total. The Hall–Kier alpha value is -12.4. The van der Waals surface area contributed by atoms with Gasteiger partial charge in [0.1, 0.15) is 79.6 Å². The third kappa shape index (κ3) is 26.7. The highest BCUT2D eigenvalue weighted by atomic mass is 16.5. The largest absolute Gasteiger partial charge is 0.481 e. The highest BCUT2D eigenvalue weighted by Crippen LogP contribution is 2.44. The number of guanidine groups is 2. The minimum Gasteiger partial charge on any atom is -0.481 e. The molecule has 1 aromatic heterocycles. The van der Waals surface area contributed by atoms with Crippen LogP contribution >= 0.6 is 0 Å². The smallest absolute Gasteiger partial charge is 0.407 e. The van der Waals surface area contributed by atoms with Crippen molar-refractivity contribution in [2.75, 3.05) is 39.4 Å². The summed E-state index contributed by atoms with van der Waals surface area (Å²) in [7, 11) is 0. The molecule has 7 rings (SSSR count). The van der Waals surface area contributed by atoms with E-state index in [-0.39, 0.29) is 102 Å². The van der Waals surface area contributed by atoms with E-state index in [4.69, 9.17) is 32.8 Å². The number of carboxylic acid groups (broad SMARTS) is 1. The van der Waals surface area contributed by atoms with Crippen LogP contribution in [0.4, 0.5) is 4.79 Å². The molecule has 0 spiro atoms. The van der Waals surface area contributed by atoms with Crippen molar-refractivity contribution in [3.8, 4) is 11.1 Å². The Balaban J connectivity index is 1.22. The fourth-order valence-corrected chi connectivity index (χ4v) is 13.2. The minimum atomic E-state index is -1.92. The van der Waals surface area contributed by atoms with Crippen molar-refractivity contribution in [1.29, 1.82) is 10.8 Å². The maximum absolute atomic E-state index is 15.1. The summed E-state index contributed by atoms with van der Waals surface area (Å²) in [6, 6.07) is 6.48. The standard InChI is InChI=1S/C76H104N20O17/c1-40(2)27-29-51(63(77)101)88-67(105)54(24-13-31-82-74(78)79)90-70(108)57(35-44-34-43-16-6-11-21-50(43)86-44)93-64(102)42(5)85-65(103)53-23-12-22-52(87-61(98)37-84-76(112)113-39-49-47-19-9-7-17-45(47)46-18-8-10-20-48(46)49)66(104)91-56(30-28-41(3)4)69(107)95-59(38-97)71(109)94-58(36-62(99)100)73(111)96-33-15-26-60(96)72(110)92-55(68(106)89-53)25-14-32-83-75(80)81/h6-11,16-21,27-28,34,42,49,51-60,86,97H,12-15,22-26,29-33,35-39H2,1-5H3,(H2,77,101)(H,84,112)(H,85,103)(H,87,98)(H,88,105)(H,89,106)(H,90,108)(H,91,104)(H,92,110)(H,93,102)(H,94,109)(H,95,107)(H,99,100)(H4,78,79,82)(H4,80,81,83)/t42-,51-,52-,53?,54-,55-,56-,57-,58-,59-,60?/m0/s1. The number of benzene rings is 3. The van der Waals surface area contributed by atoms with Crippen molar-refractivity contribution in [2.45, 2.75) is 190 Å². The van der Waals surface area contributed by atoms with Gasteiger partial charge in [-0.05, 0) is 145 Å². The molecule has 3 aromatic carbocycles. The summed E-state index contributed by atoms with van der Waals surface area (Å²) >= 11 is 0. The van der Waals surface area contributed by atoms with Gasteiger partial charge in [0.25, 0.3) is 0 Å². The van der Waals surface area contributed by atoms with Gasteiger partial charge < -0.3 is 111 Å². The summed E-state index contributed by atoms with van der Waals surface area (Å²) in [5.41, 5.74) is 23.1. The third-order valence-electron chi connectivity index (χ3n) is 19.1. The van der Waals surface area contributed by atoms with Gasteiger partial charge in [0.15, 0.2) is 11.9 Å². The summed E-state index contributed by atoms with van der Waals surface area (Å²) in [6.45, 7) is 6.01. The number of aromatic nitrogens is 1. The van der Waals surface area contributed by atoms with Crippen LogP contribution in [0.2, 0.25) is 0 Å². The number of fused-ring (bicyclic) bond motifs is 5. The molecule has 3 aliphatic rings. The molecule has 2 saturated heterocycles. The first-order chi connectivity index (χ1) is 53.8. The van der Waals surface area contributed by atoms with Crippen LogP contribution in [0.3, 0.4) is 0 Å². The van der Waals surface area contributed by atoms with Crippen LogP contribution in [0.5, 0.6) is 0 Å². The highest BCUT2D eigenvalue weighted by molar-refractivity contribution is 6.01. The van der Waals surface area contributed by atoms with E-state index in [0.717, 1.165) is 38.1 Å². The van der Waals surface area contributed by atoms with Gasteiger partial charge in [-0.15, -0.1) is 0 Å². The molecule has 37 heteroatoms. The topological polar surface area (TPSA) is 590 Å². The van der Waals surface area contributed by atoms with E-state index in [0.29, 0.717) is 16.8 Å². The SMILES string of the molecule is CC(C)=CC[C@H](NC(=O)[C@H](CCCNC(=N)N)NC(=O)[C@H](Cc1cc2ccccc2[nH]1)NC(=O)[C@H](C)NC(=O)C1CCC[C@H](NC(=O)CNC(=O)OCC2c3ccccc3-c3ccccc32)C(=O)N[C@@H](CC=C(C)C)C(=O)N[C@@H](CO)C(=O)N[C@@H](CC(=O)O)C(=O)N2CCCC2C(=O)N[C@@H](CCCNC(=N)N)C(=O)N1)C(N)=O. The number of H-pyrrole nitrogens is 1. The number of carbonyl (C=O) groups is 14. The van der Waals surface area contributed by atoms with E-state index >= 15 is 9.59 Å². The van der Waals surface area contributed by atoms with Crippen LogP contribution in [0, 0.1) is 10.8 Å². The molecule has 11 atom stereocenters. The fraction of sp³-hybridized carbons (Fsp3) is 0.474. The number of carboxylic acids is 1. The van der Waals surface area contributed by atoms with Crippen molar-refractivity contribution in [1.82, 2.24) is 79.0 Å². The van der Waals surface area contributed by atoms with Crippen LogP contribution in [0.1, 0.15) is 134 Å². The number of hydrogen-bond donors (Lipinski definition) is 21. The van der Waals surface area contributed by atoms with Crippen molar-refractivity contribution in [3.63, 3.8) is 0 Å². The number of nitrogens with two attached hydrogens (primary N) is 3. The van der Waals surface area contributed by atoms with Crippen molar-refractivity contribution in [2.24, 2.45) is 17.2 Å². The monoisotopic (exact) mass is 1570 g/mol. The lowest BCUT2D eigenvalue weighted by atomic mass is 9.98. The molecule has 0 radical (unpaired) electrons. The molecule has 3 heterocycles. The molecule has 4 aromatic rings. The Morgan fingerprint density at radius 1 is 0.637 bits per heavy atom. The van der Waals surface area contributed by atoms with E-state index in [1.165, 1.54) is 6.92 Å². The number of aromatic amines is 1. The number of para-hydroxylation sites is 1. The van der Waals surface area contributed by atoms with Crippen LogP contribution in [0.25, 0.3) is 22.0 Å². The fourth-order valence-electron chi connectivity index (χ4n) is 13.2. The zero-order valence-corrected chi connectivity index (χ0v) is 63.7. The van der Waals surface area contributed by atoms with Crippen LogP contribution in [0.15, 0.2) is 102 Å². The Morgan fingerprint density at radius 2 is 1.22 bits per heavy atom. The van der Waals surface area contributed by atoms with E-state index in [1.807, 2.05) is 48.5 Å². The quantitative estimate of drug-likeness (QED) is 0.0118. The summed E-state index contributed by atoms with van der Waals surface area (Å²) in [5.74, 6) is -14.8. The maximum Gasteiger partial charge on any atom is 0.407 e. The number of aliphatic hydroxyl groups excluding tert-OH is 1. The zero-order valence-electron chi connectivity index (χ0n) is 63.7. The number of primary amides is 1. The summed E-state index contributed by atoms with van der Waals surface area (Å²) in [4.78, 5) is 203. The lowest BCUT2D eigenvalue weighted by Crippen LogP contribution is -2.61. The zero-order chi connectivity index (χ0) is 82.6. The molecule has 2 unspecified atom stereocenters. The Kier molecular flexibility index (Phi) is 33.1. The minimum absolute atomic E-state index is 0.00970. The molecule has 610 valence electrons. The number of hydrogen-bond acceptors (Lipinski definition) is 18. The number of ether oxygens (including phenoxy) is 1. The number of carbonyl (C=O) groups excluding carboxylic acids is 13. The molecule has 2 aliphatic heterocycles. The van der Waals surface area contributed by atoms with E-state index in [9.17, 15) is 67.7 Å². The molecule has 113 heavy (non-hydrogen) atoms. The lowest BCUT2D eigenvalue weighted by Gasteiger charge is -2.31. The van der Waals surface area contributed by atoms with Crippen LogP contribution in [-0.4, -0.2) is 221 Å². The molecule has 0 saturated carbocycles. The molecule has 13 amide bonds. The lowest BCUT2D eigenvalue weighted by molar-refractivity contribution is -0.146. The average Bonchev–Trinajstić information content (AvgIpc) is 1.61. The van der Waals surface area contributed by atoms with Gasteiger partial charge in [-0.25, -0.2) is 4.79 Å². The van der Waals surface area contributed by atoms with Crippen LogP contribution in [-0.2, 0) is 73.5 Å². The molecule has 0 bridgehead atoms. The number of alkyl carbamates (subject to hydrolysis) is 1. The first-order valence-corrected chi connectivity index (χ1v) is 37.3. The molecule has 2 fully saturated rings. The summed E-state index contributed by atoms with van der Waals surface area (Å²) in [6.07, 6.45) is -0.599. The van der Waals surface area contributed by atoms with Crippen molar-refractivity contribution < 1.29 is 82.1 Å². The molecular weight excluding hydrogens is 1460 g/mol. The second kappa shape index (κ2) is 42.7. The van der Waals surface area contributed by atoms with Crippen molar-refractivity contribution in [3.05, 3.63) is 119 Å². The van der Waals surface area contributed by atoms with Gasteiger partial charge in [0.05, 0.1) is 13.0 Å². The number of allylic oxidation sites excluding steroid dienone is 2. The number of rotatable bonds is 31. The second-order valence-corrected chi connectivity index (χ2v) is 28.4. The first-order valence-electron chi connectivity index (χ1n) is 37.3. The Morgan fingerprint density at radius 3 is 1.86 bits per heavy atom. The Labute approximate surface area is 652 Å². The number of aliphatic hydroxyl groups is 1. The van der Waals surface area contributed by atoms with E-state index in [2.05, 4.69) is 74.1 Å². The predicted octanol–water partition coefficient (Wildman–Crippen LogP) is -1.52. The van der Waals surface area contributed by atoms with Gasteiger partial charge in [0, 0.05) is 43.2 Å². The van der Waals surface area contributed by atoms with Gasteiger partial charge in [0.2, 0.25) is 70.9 Å². The highest BCUT2D eigenvalue weighted by Gasteiger charge is 2.42. The second-order valence-electron chi connectivity index (χ2n) is 28.4. The third-order valence-corrected chi connectivity index (χ3v) is 19.1. The van der Waals surface area contributed by atoms with Crippen LogP contribution < -0.4 is 86.3 Å². The first kappa shape index (κ1) is 87.8. The van der Waals surface area contributed by atoms with Gasteiger partial charge in [-0.3, -0.25) is 73.1 Å². The Bertz CT molecular complexity index is 4150. The number of aliphatic carboxylic acids is 1. The normalized spacial score (nSPS) is 20.0. The molecular formula is C76H104N20O17. The summed E-state index contributed by atoms with van der Waals surface area (Å²) < 4.78 is 5.65.